The molecule has 0 heterocycles. The van der Waals surface area contributed by atoms with Crippen molar-refractivity contribution in [3.8, 4) is 0 Å². The Morgan fingerprint density at radius 1 is 1.24 bits per heavy atom. The second-order valence-electron chi connectivity index (χ2n) is 6.55. The summed E-state index contributed by atoms with van der Waals surface area (Å²) in [6, 6.07) is 5.15. The highest BCUT2D eigenvalue weighted by Gasteiger charge is 2.44. The smallest absolute Gasteiger partial charge is 0.321 e. The van der Waals surface area contributed by atoms with E-state index in [2.05, 4.69) is 10.6 Å². The summed E-state index contributed by atoms with van der Waals surface area (Å²) in [5.41, 5.74) is -0.365. The van der Waals surface area contributed by atoms with Crippen molar-refractivity contribution in [2.24, 2.45) is 0 Å². The van der Waals surface area contributed by atoms with E-state index < -0.39 is 35.7 Å². The van der Waals surface area contributed by atoms with Crippen LogP contribution in [0.25, 0.3) is 0 Å². The number of carbonyl (C=O) groups excluding carboxylic acids is 3. The van der Waals surface area contributed by atoms with Crippen molar-refractivity contribution in [3.05, 3.63) is 35.6 Å². The lowest BCUT2D eigenvalue weighted by atomic mass is 9.79. The Hall–Kier alpha value is -2.44. The molecule has 2 rings (SSSR count). The van der Waals surface area contributed by atoms with Gasteiger partial charge in [-0.3, -0.25) is 14.9 Å². The van der Waals surface area contributed by atoms with Crippen LogP contribution in [0.4, 0.5) is 9.18 Å². The van der Waals surface area contributed by atoms with Gasteiger partial charge in [-0.2, -0.15) is 0 Å². The van der Waals surface area contributed by atoms with Crippen molar-refractivity contribution in [3.63, 3.8) is 0 Å². The molecule has 6 nitrogen and oxygen atoms in total. The van der Waals surface area contributed by atoms with E-state index in [-0.39, 0.29) is 6.04 Å². The molecule has 3 amide bonds. The van der Waals surface area contributed by atoms with Crippen LogP contribution in [0.2, 0.25) is 0 Å². The van der Waals surface area contributed by atoms with Crippen molar-refractivity contribution in [2.75, 3.05) is 6.61 Å². The summed E-state index contributed by atoms with van der Waals surface area (Å²) in [6.45, 7) is 2.96. The molecule has 1 aromatic carbocycles. The summed E-state index contributed by atoms with van der Waals surface area (Å²) < 4.78 is 18.7. The Balaban J connectivity index is 2.00. The molecule has 0 bridgehead atoms. The van der Waals surface area contributed by atoms with Gasteiger partial charge in [0, 0.05) is 6.04 Å². The molecule has 0 aliphatic heterocycles. The second kappa shape index (κ2) is 8.09. The number of imide groups is 1. The molecule has 0 saturated heterocycles. The average molecular weight is 350 g/mol. The molecular weight excluding hydrogens is 327 g/mol. The van der Waals surface area contributed by atoms with Crippen LogP contribution in [0.3, 0.4) is 0 Å². The Labute approximate surface area is 146 Å². The Morgan fingerprint density at radius 3 is 2.52 bits per heavy atom. The van der Waals surface area contributed by atoms with Crippen molar-refractivity contribution >= 4 is 17.9 Å². The summed E-state index contributed by atoms with van der Waals surface area (Å²) in [6.07, 6.45) is 2.75. The molecule has 0 aromatic heterocycles. The third kappa shape index (κ3) is 4.78. The maximum absolute atomic E-state index is 13.6. The van der Waals surface area contributed by atoms with Gasteiger partial charge in [0.15, 0.2) is 6.61 Å². The highest BCUT2D eigenvalue weighted by atomic mass is 19.1. The number of ether oxygens (including phenoxy) is 1. The average Bonchev–Trinajstić information content (AvgIpc) is 3.02. The summed E-state index contributed by atoms with van der Waals surface area (Å²) in [5, 5.41) is 4.60. The van der Waals surface area contributed by atoms with Gasteiger partial charge in [-0.15, -0.1) is 0 Å². The number of rotatable bonds is 5. The van der Waals surface area contributed by atoms with Crippen molar-refractivity contribution in [1.82, 2.24) is 10.6 Å². The molecule has 0 atom stereocenters. The van der Waals surface area contributed by atoms with Crippen LogP contribution in [0.5, 0.6) is 0 Å². The largest absolute Gasteiger partial charge is 0.455 e. The zero-order valence-electron chi connectivity index (χ0n) is 14.4. The van der Waals surface area contributed by atoms with Crippen LogP contribution in [-0.2, 0) is 19.7 Å². The Bertz CT molecular complexity index is 654. The predicted molar refractivity (Wildman–Crippen MR) is 89.3 cm³/mol. The van der Waals surface area contributed by atoms with E-state index in [1.54, 1.807) is 26.0 Å². The number of urea groups is 1. The normalized spacial score (nSPS) is 15.7. The lowest BCUT2D eigenvalue weighted by Gasteiger charge is -2.27. The van der Waals surface area contributed by atoms with E-state index >= 15 is 0 Å². The Morgan fingerprint density at radius 2 is 1.92 bits per heavy atom. The molecule has 25 heavy (non-hydrogen) atoms. The van der Waals surface area contributed by atoms with Gasteiger partial charge in [-0.05, 0) is 44.4 Å². The van der Waals surface area contributed by atoms with Gasteiger partial charge in [0.05, 0.1) is 5.41 Å². The fourth-order valence-corrected chi connectivity index (χ4v) is 3.11. The molecule has 7 heteroatoms. The number of hydrogen-bond donors (Lipinski definition) is 2. The second-order valence-corrected chi connectivity index (χ2v) is 6.55. The van der Waals surface area contributed by atoms with Crippen LogP contribution in [-0.4, -0.2) is 30.6 Å². The number of amides is 3. The van der Waals surface area contributed by atoms with Crippen LogP contribution in [0.1, 0.15) is 45.1 Å². The molecule has 1 aromatic rings. The van der Waals surface area contributed by atoms with Gasteiger partial charge in [0.1, 0.15) is 5.82 Å². The topological polar surface area (TPSA) is 84.5 Å². The summed E-state index contributed by atoms with van der Waals surface area (Å²) >= 11 is 0. The molecule has 1 fully saturated rings. The molecule has 1 aliphatic carbocycles. The molecule has 0 unspecified atom stereocenters. The van der Waals surface area contributed by atoms with Crippen LogP contribution >= 0.6 is 0 Å². The number of nitrogens with one attached hydrogen (secondary N) is 2. The first kappa shape index (κ1) is 18.9. The van der Waals surface area contributed by atoms with E-state index in [0.29, 0.717) is 18.4 Å². The molecule has 0 radical (unpaired) electrons. The zero-order chi connectivity index (χ0) is 18.4. The lowest BCUT2D eigenvalue weighted by Crippen LogP contribution is -2.45. The van der Waals surface area contributed by atoms with E-state index in [1.165, 1.54) is 12.1 Å². The standard InChI is InChI=1S/C18H23FN2O4/c1-12(2)20-17(24)21-15(22)11-25-16(23)18(8-3-4-9-18)13-6-5-7-14(19)10-13/h5-7,10,12H,3-4,8-9,11H2,1-2H3,(H2,20,21,22,24). The highest BCUT2D eigenvalue weighted by molar-refractivity contribution is 5.96. The first-order valence-corrected chi connectivity index (χ1v) is 8.37. The van der Waals surface area contributed by atoms with Gasteiger partial charge in [0.25, 0.3) is 5.91 Å². The van der Waals surface area contributed by atoms with E-state index in [1.807, 2.05) is 0 Å². The van der Waals surface area contributed by atoms with Gasteiger partial charge in [0.2, 0.25) is 0 Å². The fourth-order valence-electron chi connectivity index (χ4n) is 3.11. The number of halogens is 1. The molecular formula is C18H23FN2O4. The first-order chi connectivity index (χ1) is 11.8. The summed E-state index contributed by atoms with van der Waals surface area (Å²) in [4.78, 5) is 35.8. The number of hydrogen-bond acceptors (Lipinski definition) is 4. The minimum atomic E-state index is -0.928. The predicted octanol–water partition coefficient (Wildman–Crippen LogP) is 2.41. The zero-order valence-corrected chi connectivity index (χ0v) is 14.4. The van der Waals surface area contributed by atoms with Gasteiger partial charge < -0.3 is 10.1 Å². The maximum Gasteiger partial charge on any atom is 0.321 e. The fraction of sp³-hybridized carbons (Fsp3) is 0.500. The third-order valence-electron chi connectivity index (χ3n) is 4.23. The summed E-state index contributed by atoms with van der Waals surface area (Å²) in [7, 11) is 0. The van der Waals surface area contributed by atoms with Crippen molar-refractivity contribution in [1.29, 1.82) is 0 Å². The van der Waals surface area contributed by atoms with Gasteiger partial charge in [-0.1, -0.05) is 25.0 Å². The maximum atomic E-state index is 13.6. The Kier molecular flexibility index (Phi) is 6.12. The van der Waals surface area contributed by atoms with E-state index in [0.717, 1.165) is 12.8 Å². The van der Waals surface area contributed by atoms with E-state index in [4.69, 9.17) is 4.74 Å². The minimum Gasteiger partial charge on any atom is -0.455 e. The van der Waals surface area contributed by atoms with Gasteiger partial charge in [-0.25, -0.2) is 9.18 Å². The van der Waals surface area contributed by atoms with Crippen LogP contribution < -0.4 is 10.6 Å². The first-order valence-electron chi connectivity index (χ1n) is 8.37. The van der Waals surface area contributed by atoms with Gasteiger partial charge >= 0.3 is 12.0 Å². The molecule has 0 spiro atoms. The number of benzene rings is 1. The van der Waals surface area contributed by atoms with Crippen LogP contribution in [0.15, 0.2) is 24.3 Å². The SMILES string of the molecule is CC(C)NC(=O)NC(=O)COC(=O)C1(c2cccc(F)c2)CCCC1. The molecule has 1 aliphatic rings. The van der Waals surface area contributed by atoms with Crippen molar-refractivity contribution < 1.29 is 23.5 Å². The molecule has 2 N–H and O–H groups in total. The summed E-state index contributed by atoms with van der Waals surface area (Å²) in [5.74, 6) is -1.69. The molecule has 1 saturated carbocycles. The lowest BCUT2D eigenvalue weighted by molar-refractivity contribution is -0.154. The third-order valence-corrected chi connectivity index (χ3v) is 4.23. The molecule has 136 valence electrons. The minimum absolute atomic E-state index is 0.120. The number of carbonyl (C=O) groups is 3. The number of esters is 1. The quantitative estimate of drug-likeness (QED) is 0.799. The highest BCUT2D eigenvalue weighted by Crippen LogP contribution is 2.42. The van der Waals surface area contributed by atoms with Crippen LogP contribution in [0, 0.1) is 5.82 Å². The van der Waals surface area contributed by atoms with Crippen molar-refractivity contribution in [2.45, 2.75) is 51.0 Å². The monoisotopic (exact) mass is 350 g/mol. The van der Waals surface area contributed by atoms with E-state index in [9.17, 15) is 18.8 Å².